The molecule has 0 aromatic rings. The summed E-state index contributed by atoms with van der Waals surface area (Å²) in [4.78, 5) is 8.04. The van der Waals surface area contributed by atoms with E-state index in [1.54, 1.807) is 0 Å². The van der Waals surface area contributed by atoms with Gasteiger partial charge in [-0.15, -0.1) is 0 Å². The van der Waals surface area contributed by atoms with Gasteiger partial charge in [0.25, 0.3) is 0 Å². The van der Waals surface area contributed by atoms with Crippen molar-refractivity contribution in [1.29, 1.82) is 0 Å². The van der Waals surface area contributed by atoms with Gasteiger partial charge >= 0.3 is 0 Å². The van der Waals surface area contributed by atoms with Crippen molar-refractivity contribution in [3.8, 4) is 0 Å². The Morgan fingerprint density at radius 1 is 1.12 bits per heavy atom. The first-order valence-corrected chi connectivity index (χ1v) is 6.04. The second kappa shape index (κ2) is 6.35. The fourth-order valence-corrected chi connectivity index (χ4v) is 2.32. The van der Waals surface area contributed by atoms with Crippen LogP contribution in [0.2, 0.25) is 0 Å². The van der Waals surface area contributed by atoms with E-state index in [1.165, 1.54) is 25.7 Å². The quantitative estimate of drug-likeness (QED) is 0.491. The molecule has 0 spiro atoms. The van der Waals surface area contributed by atoms with Gasteiger partial charge in [-0.1, -0.05) is 19.8 Å². The largest absolute Gasteiger partial charge is 0.370 e. The highest BCUT2D eigenvalue weighted by Gasteiger charge is 2.20. The minimum absolute atomic E-state index is 0.0269. The lowest BCUT2D eigenvalue weighted by Gasteiger charge is -2.25. The van der Waals surface area contributed by atoms with E-state index in [0.29, 0.717) is 6.04 Å². The molecular formula is C11H23N5. The molecule has 0 saturated heterocycles. The van der Waals surface area contributed by atoms with E-state index >= 15 is 0 Å². The fraction of sp³-hybridized carbons (Fsp3) is 0.818. The van der Waals surface area contributed by atoms with Crippen molar-refractivity contribution in [1.82, 2.24) is 0 Å². The van der Waals surface area contributed by atoms with Crippen molar-refractivity contribution in [3.05, 3.63) is 0 Å². The molecule has 0 aliphatic heterocycles. The van der Waals surface area contributed by atoms with Crippen LogP contribution in [0, 0.1) is 5.92 Å². The molecule has 1 saturated carbocycles. The van der Waals surface area contributed by atoms with E-state index in [4.69, 9.17) is 17.2 Å². The predicted molar refractivity (Wildman–Crippen MR) is 68.1 cm³/mol. The summed E-state index contributed by atoms with van der Waals surface area (Å²) in [6.07, 6.45) is 7.31. The number of nitrogens with two attached hydrogens (primary N) is 3. The molecule has 0 unspecified atom stereocenters. The van der Waals surface area contributed by atoms with Crippen LogP contribution < -0.4 is 17.2 Å². The second-order valence-electron chi connectivity index (χ2n) is 4.49. The van der Waals surface area contributed by atoms with Gasteiger partial charge in [-0.2, -0.15) is 4.99 Å². The molecule has 0 aromatic heterocycles. The van der Waals surface area contributed by atoms with E-state index in [0.717, 1.165) is 18.8 Å². The molecule has 0 bridgehead atoms. The van der Waals surface area contributed by atoms with Gasteiger partial charge in [0.05, 0.1) is 6.04 Å². The van der Waals surface area contributed by atoms with Gasteiger partial charge in [0, 0.05) is 0 Å². The third-order valence-corrected chi connectivity index (χ3v) is 3.07. The topological polar surface area (TPSA) is 103 Å². The van der Waals surface area contributed by atoms with Crippen molar-refractivity contribution in [3.63, 3.8) is 0 Å². The van der Waals surface area contributed by atoms with E-state index in [9.17, 15) is 0 Å². The molecule has 6 N–H and O–H groups in total. The van der Waals surface area contributed by atoms with Gasteiger partial charge in [0.2, 0.25) is 5.96 Å². The van der Waals surface area contributed by atoms with Crippen LogP contribution in [0.15, 0.2) is 9.98 Å². The Bertz CT molecular complexity index is 260. The maximum atomic E-state index is 5.60. The molecular weight excluding hydrogens is 202 g/mol. The van der Waals surface area contributed by atoms with Crippen molar-refractivity contribution >= 4 is 11.9 Å². The Morgan fingerprint density at radius 3 is 2.25 bits per heavy atom. The number of nitrogens with zero attached hydrogens (tertiary/aromatic N) is 2. The molecule has 0 heterocycles. The first kappa shape index (κ1) is 12.8. The first-order valence-electron chi connectivity index (χ1n) is 6.04. The maximum absolute atomic E-state index is 5.60. The number of guanidine groups is 2. The summed E-state index contributed by atoms with van der Waals surface area (Å²) >= 11 is 0. The van der Waals surface area contributed by atoms with Gasteiger partial charge < -0.3 is 17.2 Å². The third kappa shape index (κ3) is 4.51. The maximum Gasteiger partial charge on any atom is 0.218 e. The van der Waals surface area contributed by atoms with Crippen LogP contribution in [0.1, 0.15) is 45.4 Å². The van der Waals surface area contributed by atoms with Crippen LogP contribution in [0.5, 0.6) is 0 Å². The van der Waals surface area contributed by atoms with Crippen LogP contribution in [-0.2, 0) is 0 Å². The van der Waals surface area contributed by atoms with Gasteiger partial charge in [0.1, 0.15) is 0 Å². The SMILES string of the molecule is CCCC1CCC(N=C(N)N=C(N)N)CC1. The Balaban J connectivity index is 2.39. The van der Waals surface area contributed by atoms with Gasteiger partial charge in [-0.3, -0.25) is 0 Å². The highest BCUT2D eigenvalue weighted by Crippen LogP contribution is 2.29. The van der Waals surface area contributed by atoms with Crippen molar-refractivity contribution < 1.29 is 0 Å². The summed E-state index contributed by atoms with van der Waals surface area (Å²) in [5, 5.41) is 0. The first-order chi connectivity index (χ1) is 7.61. The fourth-order valence-electron chi connectivity index (χ4n) is 2.32. The van der Waals surface area contributed by atoms with Crippen LogP contribution in [0.25, 0.3) is 0 Å². The Labute approximate surface area is 97.2 Å². The summed E-state index contributed by atoms with van der Waals surface area (Å²) in [6.45, 7) is 2.24. The molecule has 5 heteroatoms. The summed E-state index contributed by atoms with van der Waals surface area (Å²) < 4.78 is 0. The predicted octanol–water partition coefficient (Wildman–Crippen LogP) is 0.933. The molecule has 16 heavy (non-hydrogen) atoms. The van der Waals surface area contributed by atoms with Gasteiger partial charge in [0.15, 0.2) is 5.96 Å². The zero-order valence-electron chi connectivity index (χ0n) is 10.0. The molecule has 1 aliphatic carbocycles. The number of aliphatic imine (C=N–C) groups is 2. The van der Waals surface area contributed by atoms with Crippen molar-refractivity contribution in [2.45, 2.75) is 51.5 Å². The normalized spacial score (nSPS) is 26.4. The molecule has 0 atom stereocenters. The Hall–Kier alpha value is -1.26. The molecule has 1 fully saturated rings. The molecule has 1 rings (SSSR count). The Kier molecular flexibility index (Phi) is 5.08. The smallest absolute Gasteiger partial charge is 0.218 e. The number of hydrogen-bond donors (Lipinski definition) is 3. The number of rotatable bonds is 3. The minimum atomic E-state index is -0.0269. The zero-order valence-corrected chi connectivity index (χ0v) is 10.0. The lowest BCUT2D eigenvalue weighted by molar-refractivity contribution is 0.310. The molecule has 1 aliphatic rings. The third-order valence-electron chi connectivity index (χ3n) is 3.07. The summed E-state index contributed by atoms with van der Waals surface area (Å²) in [6, 6.07) is 0.302. The van der Waals surface area contributed by atoms with E-state index < -0.39 is 0 Å². The summed E-state index contributed by atoms with van der Waals surface area (Å²) in [7, 11) is 0. The molecule has 5 nitrogen and oxygen atoms in total. The van der Waals surface area contributed by atoms with E-state index in [2.05, 4.69) is 16.9 Å². The lowest BCUT2D eigenvalue weighted by atomic mass is 9.84. The van der Waals surface area contributed by atoms with Crippen LogP contribution >= 0.6 is 0 Å². The van der Waals surface area contributed by atoms with Crippen LogP contribution in [0.3, 0.4) is 0 Å². The van der Waals surface area contributed by atoms with Gasteiger partial charge in [-0.25, -0.2) is 4.99 Å². The van der Waals surface area contributed by atoms with Crippen molar-refractivity contribution in [2.24, 2.45) is 33.1 Å². The van der Waals surface area contributed by atoms with E-state index in [-0.39, 0.29) is 11.9 Å². The second-order valence-corrected chi connectivity index (χ2v) is 4.49. The van der Waals surface area contributed by atoms with E-state index in [1.807, 2.05) is 0 Å². The zero-order chi connectivity index (χ0) is 12.0. The standard InChI is InChI=1S/C11H23N5/c1-2-3-8-4-6-9(7-5-8)15-11(14)16-10(12)13/h8-9H,2-7H2,1H3,(H6,12,13,14,15,16). The Morgan fingerprint density at radius 2 is 1.75 bits per heavy atom. The lowest BCUT2D eigenvalue weighted by Crippen LogP contribution is -2.27. The molecule has 0 amide bonds. The summed E-state index contributed by atoms with van der Waals surface area (Å²) in [5.74, 6) is 1.06. The highest BCUT2D eigenvalue weighted by molar-refractivity contribution is 5.92. The minimum Gasteiger partial charge on any atom is -0.370 e. The molecule has 0 aromatic carbocycles. The monoisotopic (exact) mass is 225 g/mol. The van der Waals surface area contributed by atoms with Crippen LogP contribution in [-0.4, -0.2) is 18.0 Å². The molecule has 92 valence electrons. The van der Waals surface area contributed by atoms with Crippen molar-refractivity contribution in [2.75, 3.05) is 0 Å². The van der Waals surface area contributed by atoms with Crippen LogP contribution in [0.4, 0.5) is 0 Å². The number of hydrogen-bond acceptors (Lipinski definition) is 1. The highest BCUT2D eigenvalue weighted by atomic mass is 15.1. The van der Waals surface area contributed by atoms with Gasteiger partial charge in [-0.05, 0) is 31.6 Å². The summed E-state index contributed by atoms with van der Waals surface area (Å²) in [5.41, 5.74) is 16.1. The molecule has 0 radical (unpaired) electrons. The average molecular weight is 225 g/mol. The average Bonchev–Trinajstić information content (AvgIpc) is 2.20.